The van der Waals surface area contributed by atoms with Crippen molar-refractivity contribution in [1.29, 1.82) is 0 Å². The van der Waals surface area contributed by atoms with Gasteiger partial charge in [-0.1, -0.05) is 24.0 Å². The van der Waals surface area contributed by atoms with Gasteiger partial charge in [-0.05, 0) is 30.7 Å². The summed E-state index contributed by atoms with van der Waals surface area (Å²) in [6.07, 6.45) is 0.469. The number of aliphatic hydroxyl groups excluding tert-OH is 1. The molecule has 1 atom stereocenters. The normalized spacial score (nSPS) is 18.7. The molecule has 1 saturated heterocycles. The third kappa shape index (κ3) is 3.23. The molecule has 132 valence electrons. The average molecular weight is 350 g/mol. The van der Waals surface area contributed by atoms with Crippen molar-refractivity contribution < 1.29 is 14.7 Å². The Morgan fingerprint density at radius 2 is 2.15 bits per heavy atom. The highest BCUT2D eigenvalue weighted by molar-refractivity contribution is 5.96. The minimum atomic E-state index is -1.06. The summed E-state index contributed by atoms with van der Waals surface area (Å²) in [7, 11) is 0. The average Bonchev–Trinajstić information content (AvgIpc) is 3.01. The van der Waals surface area contributed by atoms with Gasteiger partial charge in [0.15, 0.2) is 5.69 Å². The first-order valence-corrected chi connectivity index (χ1v) is 8.04. The minimum Gasteiger partial charge on any atom is -0.397 e. The standard InChI is InChI=1S/C19H18N4O3/c20-14-4-5-15(23-16(14)17(21)25)13-3-1-2-12(10-13)6-7-19(11-24)8-9-22-18(19)26/h1-5,10,24H,8-9,11,20H2,(H2,21,25)(H,22,26)/t19-/m0/s1. The molecule has 0 unspecified atom stereocenters. The molecule has 1 aliphatic heterocycles. The molecule has 1 fully saturated rings. The maximum Gasteiger partial charge on any atom is 0.269 e. The molecule has 1 aliphatic rings. The highest BCUT2D eigenvalue weighted by atomic mass is 16.3. The molecular formula is C19H18N4O3. The Kier molecular flexibility index (Phi) is 4.61. The lowest BCUT2D eigenvalue weighted by Gasteiger charge is -2.15. The van der Waals surface area contributed by atoms with Crippen LogP contribution in [0, 0.1) is 17.3 Å². The van der Waals surface area contributed by atoms with Crippen LogP contribution in [-0.2, 0) is 4.79 Å². The van der Waals surface area contributed by atoms with Gasteiger partial charge < -0.3 is 21.9 Å². The van der Waals surface area contributed by atoms with E-state index in [2.05, 4.69) is 22.1 Å². The maximum atomic E-state index is 11.9. The molecule has 7 heteroatoms. The Morgan fingerprint density at radius 1 is 1.35 bits per heavy atom. The van der Waals surface area contributed by atoms with Crippen LogP contribution in [-0.4, -0.2) is 35.1 Å². The van der Waals surface area contributed by atoms with E-state index in [1.165, 1.54) is 0 Å². The van der Waals surface area contributed by atoms with Crippen LogP contribution in [0.5, 0.6) is 0 Å². The SMILES string of the molecule is NC(=O)c1nc(-c2cccc(C#C[C@@]3(CO)CCNC3=O)c2)ccc1N. The second-order valence-corrected chi connectivity index (χ2v) is 6.08. The van der Waals surface area contributed by atoms with Crippen molar-refractivity contribution in [3.63, 3.8) is 0 Å². The van der Waals surface area contributed by atoms with Gasteiger partial charge in [0.1, 0.15) is 5.41 Å². The maximum absolute atomic E-state index is 11.9. The molecule has 2 aromatic rings. The monoisotopic (exact) mass is 350 g/mol. The van der Waals surface area contributed by atoms with Gasteiger partial charge in [-0.15, -0.1) is 0 Å². The molecule has 7 nitrogen and oxygen atoms in total. The van der Waals surface area contributed by atoms with Gasteiger partial charge in [0, 0.05) is 17.7 Å². The number of carbonyl (C=O) groups is 2. The van der Waals surface area contributed by atoms with Crippen LogP contribution >= 0.6 is 0 Å². The van der Waals surface area contributed by atoms with Crippen LogP contribution in [0.3, 0.4) is 0 Å². The predicted molar refractivity (Wildman–Crippen MR) is 96.6 cm³/mol. The van der Waals surface area contributed by atoms with Crippen molar-refractivity contribution in [3.05, 3.63) is 47.7 Å². The number of primary amides is 1. The van der Waals surface area contributed by atoms with Crippen LogP contribution in [0.1, 0.15) is 22.5 Å². The molecule has 0 radical (unpaired) electrons. The molecular weight excluding hydrogens is 332 g/mol. The predicted octanol–water partition coefficient (Wildman–Crippen LogP) is 0.280. The van der Waals surface area contributed by atoms with Crippen molar-refractivity contribution in [3.8, 4) is 23.1 Å². The lowest BCUT2D eigenvalue weighted by atomic mass is 9.88. The van der Waals surface area contributed by atoms with Crippen LogP contribution in [0.25, 0.3) is 11.3 Å². The summed E-state index contributed by atoms with van der Waals surface area (Å²) in [4.78, 5) is 27.6. The van der Waals surface area contributed by atoms with E-state index in [1.54, 1.807) is 30.3 Å². The van der Waals surface area contributed by atoms with Crippen molar-refractivity contribution >= 4 is 17.5 Å². The van der Waals surface area contributed by atoms with E-state index in [0.29, 0.717) is 24.2 Å². The molecule has 2 heterocycles. The van der Waals surface area contributed by atoms with Crippen molar-refractivity contribution in [1.82, 2.24) is 10.3 Å². The Hall–Kier alpha value is -3.37. The molecule has 0 saturated carbocycles. The lowest BCUT2D eigenvalue weighted by molar-refractivity contribution is -0.126. The van der Waals surface area contributed by atoms with Crippen molar-refractivity contribution in [2.75, 3.05) is 18.9 Å². The Bertz CT molecular complexity index is 945. The number of benzene rings is 1. The van der Waals surface area contributed by atoms with Crippen LogP contribution < -0.4 is 16.8 Å². The van der Waals surface area contributed by atoms with Gasteiger partial charge >= 0.3 is 0 Å². The van der Waals surface area contributed by atoms with Gasteiger partial charge in [-0.3, -0.25) is 9.59 Å². The van der Waals surface area contributed by atoms with Gasteiger partial charge in [-0.2, -0.15) is 0 Å². The fraction of sp³-hybridized carbons (Fsp3) is 0.211. The van der Waals surface area contributed by atoms with E-state index in [1.807, 2.05) is 6.07 Å². The number of rotatable bonds is 3. The number of pyridine rings is 1. The van der Waals surface area contributed by atoms with Crippen LogP contribution in [0.4, 0.5) is 5.69 Å². The Balaban J connectivity index is 1.95. The number of nitrogens with zero attached hydrogens (tertiary/aromatic N) is 1. The fourth-order valence-electron chi connectivity index (χ4n) is 2.76. The number of carbonyl (C=O) groups excluding carboxylic acids is 2. The minimum absolute atomic E-state index is 0.0147. The van der Waals surface area contributed by atoms with Crippen LogP contribution in [0.15, 0.2) is 36.4 Å². The van der Waals surface area contributed by atoms with Gasteiger partial charge in [0.05, 0.1) is 18.0 Å². The highest BCUT2D eigenvalue weighted by Crippen LogP contribution is 2.26. The lowest BCUT2D eigenvalue weighted by Crippen LogP contribution is -2.33. The molecule has 26 heavy (non-hydrogen) atoms. The quantitative estimate of drug-likeness (QED) is 0.591. The fourth-order valence-corrected chi connectivity index (χ4v) is 2.76. The first kappa shape index (κ1) is 17.5. The van der Waals surface area contributed by atoms with Gasteiger partial charge in [0.2, 0.25) is 5.91 Å². The number of hydrogen-bond acceptors (Lipinski definition) is 5. The first-order chi connectivity index (χ1) is 12.4. The third-order valence-electron chi connectivity index (χ3n) is 4.31. The highest BCUT2D eigenvalue weighted by Gasteiger charge is 2.40. The number of aromatic nitrogens is 1. The Labute approximate surface area is 150 Å². The summed E-state index contributed by atoms with van der Waals surface area (Å²) < 4.78 is 0. The number of nitrogens with two attached hydrogens (primary N) is 2. The van der Waals surface area contributed by atoms with Gasteiger partial charge in [-0.25, -0.2) is 4.98 Å². The smallest absolute Gasteiger partial charge is 0.269 e. The van der Waals surface area contributed by atoms with E-state index >= 15 is 0 Å². The second-order valence-electron chi connectivity index (χ2n) is 6.08. The zero-order valence-electron chi connectivity index (χ0n) is 14.0. The molecule has 1 aromatic heterocycles. The Morgan fingerprint density at radius 3 is 2.81 bits per heavy atom. The number of nitrogen functional groups attached to an aromatic ring is 1. The topological polar surface area (TPSA) is 131 Å². The molecule has 0 spiro atoms. The number of aliphatic hydroxyl groups is 1. The molecule has 6 N–H and O–H groups in total. The van der Waals surface area contributed by atoms with Gasteiger partial charge in [0.25, 0.3) is 5.91 Å². The molecule has 2 amide bonds. The number of anilines is 1. The van der Waals surface area contributed by atoms with E-state index < -0.39 is 11.3 Å². The van der Waals surface area contributed by atoms with Crippen molar-refractivity contribution in [2.45, 2.75) is 6.42 Å². The number of hydrogen-bond donors (Lipinski definition) is 4. The summed E-state index contributed by atoms with van der Waals surface area (Å²) in [5, 5.41) is 12.3. The molecule has 3 rings (SSSR count). The summed E-state index contributed by atoms with van der Waals surface area (Å²) in [5.74, 6) is 4.90. The van der Waals surface area contributed by atoms with E-state index in [-0.39, 0.29) is 23.9 Å². The summed E-state index contributed by atoms with van der Waals surface area (Å²) in [5.41, 5.74) is 12.1. The van der Waals surface area contributed by atoms with E-state index in [4.69, 9.17) is 11.5 Å². The third-order valence-corrected chi connectivity index (χ3v) is 4.31. The molecule has 0 bridgehead atoms. The molecule has 0 aliphatic carbocycles. The summed E-state index contributed by atoms with van der Waals surface area (Å²) in [6, 6.07) is 10.5. The summed E-state index contributed by atoms with van der Waals surface area (Å²) in [6.45, 7) is 0.173. The zero-order valence-corrected chi connectivity index (χ0v) is 14.0. The number of amides is 2. The van der Waals surface area contributed by atoms with E-state index in [9.17, 15) is 14.7 Å². The first-order valence-electron chi connectivity index (χ1n) is 8.04. The van der Waals surface area contributed by atoms with E-state index in [0.717, 1.165) is 5.56 Å². The number of nitrogens with one attached hydrogen (secondary N) is 1. The summed E-state index contributed by atoms with van der Waals surface area (Å²) >= 11 is 0. The molecule has 1 aromatic carbocycles. The van der Waals surface area contributed by atoms with Crippen LogP contribution in [0.2, 0.25) is 0 Å². The van der Waals surface area contributed by atoms with Crippen molar-refractivity contribution in [2.24, 2.45) is 11.1 Å². The second kappa shape index (κ2) is 6.86. The largest absolute Gasteiger partial charge is 0.397 e. The zero-order chi connectivity index (χ0) is 18.7.